The standard InChI is InChI=1S/C16H15ClN4OS/c1-21(16(22)11-6-13(7-11)19-9-18)15-8-14(23-20-15)10-3-2-4-12(17)5-10/h2-5,8,11,13,19H,6-7H2,1H3/t11-,13-. The van der Waals surface area contributed by atoms with E-state index in [4.69, 9.17) is 16.9 Å². The Labute approximate surface area is 143 Å². The van der Waals surface area contributed by atoms with E-state index in [1.165, 1.54) is 11.5 Å². The van der Waals surface area contributed by atoms with Gasteiger partial charge in [0.15, 0.2) is 6.19 Å². The lowest BCUT2D eigenvalue weighted by molar-refractivity contribution is -0.125. The van der Waals surface area contributed by atoms with Crippen molar-refractivity contribution in [1.29, 1.82) is 5.26 Å². The molecular weight excluding hydrogens is 332 g/mol. The number of hydrogen-bond acceptors (Lipinski definition) is 5. The number of carbonyl (C=O) groups excluding carboxylic acids is 1. The molecule has 118 valence electrons. The highest BCUT2D eigenvalue weighted by atomic mass is 35.5. The third kappa shape index (κ3) is 3.31. The summed E-state index contributed by atoms with van der Waals surface area (Å²) in [7, 11) is 1.74. The molecular formula is C16H15ClN4OS. The van der Waals surface area contributed by atoms with Crippen molar-refractivity contribution in [2.24, 2.45) is 5.92 Å². The summed E-state index contributed by atoms with van der Waals surface area (Å²) in [6.07, 6.45) is 3.31. The maximum atomic E-state index is 12.4. The van der Waals surface area contributed by atoms with Gasteiger partial charge in [-0.3, -0.25) is 9.69 Å². The molecule has 1 aliphatic rings. The number of aromatic nitrogens is 1. The van der Waals surface area contributed by atoms with Gasteiger partial charge < -0.3 is 5.32 Å². The van der Waals surface area contributed by atoms with E-state index in [2.05, 4.69) is 9.69 Å². The Balaban J connectivity index is 1.68. The molecule has 7 heteroatoms. The largest absolute Gasteiger partial charge is 0.321 e. The molecule has 0 bridgehead atoms. The van der Waals surface area contributed by atoms with Gasteiger partial charge in [-0.15, -0.1) is 0 Å². The molecule has 0 saturated heterocycles. The molecule has 1 amide bonds. The Hall–Kier alpha value is -2.10. The number of nitrogens with one attached hydrogen (secondary N) is 1. The number of carbonyl (C=O) groups is 1. The van der Waals surface area contributed by atoms with Crippen LogP contribution in [0.2, 0.25) is 5.02 Å². The molecule has 1 aliphatic carbocycles. The van der Waals surface area contributed by atoms with Gasteiger partial charge in [0.1, 0.15) is 5.82 Å². The zero-order valence-electron chi connectivity index (χ0n) is 12.5. The number of nitrogens with zero attached hydrogens (tertiary/aromatic N) is 3. The summed E-state index contributed by atoms with van der Waals surface area (Å²) in [6, 6.07) is 9.59. The lowest BCUT2D eigenvalue weighted by Crippen LogP contribution is -2.46. The van der Waals surface area contributed by atoms with Crippen molar-refractivity contribution in [3.63, 3.8) is 0 Å². The zero-order chi connectivity index (χ0) is 16.4. The van der Waals surface area contributed by atoms with Gasteiger partial charge in [-0.25, -0.2) is 0 Å². The number of anilines is 1. The number of amides is 1. The predicted octanol–water partition coefficient (Wildman–Crippen LogP) is 3.28. The first-order valence-electron chi connectivity index (χ1n) is 7.23. The quantitative estimate of drug-likeness (QED) is 0.681. The third-order valence-electron chi connectivity index (χ3n) is 4.04. The monoisotopic (exact) mass is 346 g/mol. The molecule has 1 saturated carbocycles. The molecule has 0 unspecified atom stereocenters. The maximum Gasteiger partial charge on any atom is 0.231 e. The van der Waals surface area contributed by atoms with Gasteiger partial charge in [0.2, 0.25) is 5.91 Å². The second-order valence-electron chi connectivity index (χ2n) is 5.58. The van der Waals surface area contributed by atoms with Gasteiger partial charge in [-0.2, -0.15) is 9.64 Å². The normalized spacial score (nSPS) is 19.5. The van der Waals surface area contributed by atoms with Crippen LogP contribution >= 0.6 is 23.1 Å². The Bertz CT molecular complexity index is 763. The second-order valence-corrected chi connectivity index (χ2v) is 6.82. The number of hydrogen-bond donors (Lipinski definition) is 1. The molecule has 3 rings (SSSR count). The van der Waals surface area contributed by atoms with Crippen LogP contribution in [0.15, 0.2) is 30.3 Å². The molecule has 0 spiro atoms. The Morgan fingerprint density at radius 1 is 1.48 bits per heavy atom. The molecule has 2 aromatic rings. The van der Waals surface area contributed by atoms with Gasteiger partial charge in [0.25, 0.3) is 0 Å². The molecule has 1 aromatic heterocycles. The minimum atomic E-state index is -0.0397. The van der Waals surface area contributed by atoms with E-state index in [9.17, 15) is 4.79 Å². The highest BCUT2D eigenvalue weighted by Gasteiger charge is 2.36. The van der Waals surface area contributed by atoms with Gasteiger partial charge in [-0.05, 0) is 42.1 Å². The summed E-state index contributed by atoms with van der Waals surface area (Å²) in [4.78, 5) is 15.0. The predicted molar refractivity (Wildman–Crippen MR) is 91.2 cm³/mol. The van der Waals surface area contributed by atoms with Crippen LogP contribution in [0.5, 0.6) is 0 Å². The first-order chi connectivity index (χ1) is 11.1. The summed E-state index contributed by atoms with van der Waals surface area (Å²) >= 11 is 7.36. The number of rotatable bonds is 4. The third-order valence-corrected chi connectivity index (χ3v) is 5.10. The van der Waals surface area contributed by atoms with Gasteiger partial charge in [0, 0.05) is 30.1 Å². The number of halogens is 1. The van der Waals surface area contributed by atoms with Crippen LogP contribution in [0, 0.1) is 17.4 Å². The molecule has 1 heterocycles. The maximum absolute atomic E-state index is 12.4. The Morgan fingerprint density at radius 2 is 2.26 bits per heavy atom. The molecule has 1 N–H and O–H groups in total. The van der Waals surface area contributed by atoms with E-state index in [0.717, 1.165) is 10.4 Å². The lowest BCUT2D eigenvalue weighted by Gasteiger charge is -2.35. The fraction of sp³-hybridized carbons (Fsp3) is 0.312. The average Bonchev–Trinajstić information content (AvgIpc) is 2.99. The topological polar surface area (TPSA) is 69.0 Å². The van der Waals surface area contributed by atoms with E-state index >= 15 is 0 Å². The van der Waals surface area contributed by atoms with E-state index < -0.39 is 0 Å². The molecule has 23 heavy (non-hydrogen) atoms. The van der Waals surface area contributed by atoms with E-state index in [1.807, 2.05) is 36.5 Å². The molecule has 5 nitrogen and oxygen atoms in total. The van der Waals surface area contributed by atoms with Gasteiger partial charge in [0.05, 0.1) is 4.88 Å². The van der Waals surface area contributed by atoms with Crippen molar-refractivity contribution in [2.45, 2.75) is 18.9 Å². The fourth-order valence-corrected chi connectivity index (χ4v) is 3.56. The van der Waals surface area contributed by atoms with Crippen LogP contribution in [-0.2, 0) is 4.79 Å². The van der Waals surface area contributed by atoms with E-state index in [1.54, 1.807) is 11.9 Å². The summed E-state index contributed by atoms with van der Waals surface area (Å²) in [6.45, 7) is 0. The van der Waals surface area contributed by atoms with Crippen molar-refractivity contribution < 1.29 is 4.79 Å². The van der Waals surface area contributed by atoms with E-state index in [-0.39, 0.29) is 17.9 Å². The Kier molecular flexibility index (Phi) is 4.51. The first-order valence-corrected chi connectivity index (χ1v) is 8.38. The lowest BCUT2D eigenvalue weighted by atomic mass is 9.79. The molecule has 1 aromatic carbocycles. The van der Waals surface area contributed by atoms with Crippen molar-refractivity contribution in [1.82, 2.24) is 9.69 Å². The molecule has 1 fully saturated rings. The Morgan fingerprint density at radius 3 is 2.96 bits per heavy atom. The first kappa shape index (κ1) is 15.8. The highest BCUT2D eigenvalue weighted by molar-refractivity contribution is 7.09. The summed E-state index contributed by atoms with van der Waals surface area (Å²) in [5.74, 6) is 0.651. The summed E-state index contributed by atoms with van der Waals surface area (Å²) in [5, 5.41) is 11.9. The van der Waals surface area contributed by atoms with Gasteiger partial charge >= 0.3 is 0 Å². The summed E-state index contributed by atoms with van der Waals surface area (Å²) < 4.78 is 4.38. The van der Waals surface area contributed by atoms with E-state index in [0.29, 0.717) is 23.7 Å². The zero-order valence-corrected chi connectivity index (χ0v) is 14.1. The van der Waals surface area contributed by atoms with Crippen molar-refractivity contribution in [3.05, 3.63) is 35.4 Å². The van der Waals surface area contributed by atoms with Crippen molar-refractivity contribution >= 4 is 34.9 Å². The van der Waals surface area contributed by atoms with Crippen molar-refractivity contribution in [2.75, 3.05) is 11.9 Å². The average molecular weight is 347 g/mol. The minimum Gasteiger partial charge on any atom is -0.321 e. The fourth-order valence-electron chi connectivity index (χ4n) is 2.62. The molecule has 0 atom stereocenters. The number of nitriles is 1. The number of benzene rings is 1. The van der Waals surface area contributed by atoms with Crippen LogP contribution in [0.1, 0.15) is 12.8 Å². The second kappa shape index (κ2) is 6.57. The smallest absolute Gasteiger partial charge is 0.231 e. The van der Waals surface area contributed by atoms with Crippen molar-refractivity contribution in [3.8, 4) is 16.6 Å². The minimum absolute atomic E-state index is 0.0397. The van der Waals surface area contributed by atoms with Crippen LogP contribution in [0.3, 0.4) is 0 Å². The SMILES string of the molecule is CN(c1cc(-c2cccc(Cl)c2)sn1)C(=O)[C@H]1C[C@H](NC#N)C1. The highest BCUT2D eigenvalue weighted by Crippen LogP contribution is 2.33. The molecule has 0 aliphatic heterocycles. The van der Waals surface area contributed by atoms with Crippen LogP contribution in [-0.4, -0.2) is 23.4 Å². The van der Waals surface area contributed by atoms with Crippen LogP contribution < -0.4 is 10.2 Å². The van der Waals surface area contributed by atoms with Gasteiger partial charge in [-0.1, -0.05) is 23.7 Å². The molecule has 0 radical (unpaired) electrons. The summed E-state index contributed by atoms with van der Waals surface area (Å²) in [5.41, 5.74) is 0.990. The van der Waals surface area contributed by atoms with Crippen LogP contribution in [0.4, 0.5) is 5.82 Å². The van der Waals surface area contributed by atoms with Crippen LogP contribution in [0.25, 0.3) is 10.4 Å².